The minimum atomic E-state index is -0.970. The molecule has 4 heteroatoms. The van der Waals surface area contributed by atoms with E-state index in [-0.39, 0.29) is 12.6 Å². The number of carbonyl (C=O) groups excluding carboxylic acids is 1. The van der Waals surface area contributed by atoms with Gasteiger partial charge in [-0.25, -0.2) is 4.79 Å². The summed E-state index contributed by atoms with van der Waals surface area (Å²) in [5.74, 6) is -0.378. The first-order chi connectivity index (χ1) is 6.40. The van der Waals surface area contributed by atoms with Gasteiger partial charge in [-0.2, -0.15) is 0 Å². The molecule has 1 heterocycles. The van der Waals surface area contributed by atoms with Gasteiger partial charge in [0, 0.05) is 36.4 Å². The molecule has 0 spiro atoms. The minimum absolute atomic E-state index is 0.178. The van der Waals surface area contributed by atoms with E-state index in [0.717, 1.165) is 4.76 Å². The Bertz CT molecular complexity index is 267. The average molecular weight is 200 g/mol. The van der Waals surface area contributed by atoms with Crippen LogP contribution in [0, 0.1) is 4.91 Å². The molecular formula is C10H18NO3+. The molecule has 0 radical (unpaired) electrons. The summed E-state index contributed by atoms with van der Waals surface area (Å²) in [5.41, 5.74) is -1.58. The highest BCUT2D eigenvalue weighted by molar-refractivity contribution is 5.79. The number of esters is 1. The lowest BCUT2D eigenvalue weighted by molar-refractivity contribution is -0.688. The van der Waals surface area contributed by atoms with Gasteiger partial charge in [0.2, 0.25) is 5.54 Å². The van der Waals surface area contributed by atoms with E-state index in [1.807, 2.05) is 13.8 Å². The largest absolute Gasteiger partial charge is 0.453 e. The lowest BCUT2D eigenvalue weighted by atomic mass is 9.87. The summed E-state index contributed by atoms with van der Waals surface area (Å²) in [6.07, 6.45) is 0.991. The first-order valence-corrected chi connectivity index (χ1v) is 5.05. The molecule has 1 aliphatic heterocycles. The predicted molar refractivity (Wildman–Crippen MR) is 52.0 cm³/mol. The molecule has 0 aromatic carbocycles. The summed E-state index contributed by atoms with van der Waals surface area (Å²) in [6.45, 7) is 7.46. The van der Waals surface area contributed by atoms with Crippen molar-refractivity contribution >= 4 is 5.97 Å². The Morgan fingerprint density at radius 1 is 1.36 bits per heavy atom. The predicted octanol–water partition coefficient (Wildman–Crippen LogP) is 1.66. The second kappa shape index (κ2) is 3.33. The molecule has 0 unspecified atom stereocenters. The standard InChI is InChI=1S/C10H18NO3/c1-5-10(6-2)8(12)14-7-9(3,4)11(10)13/h5-7H2,1-4H3/q+1. The lowest BCUT2D eigenvalue weighted by Crippen LogP contribution is -2.62. The molecule has 0 atom stereocenters. The van der Waals surface area contributed by atoms with Gasteiger partial charge in [0.05, 0.1) is 0 Å². The van der Waals surface area contributed by atoms with Crippen LogP contribution in [0.5, 0.6) is 0 Å². The molecule has 4 nitrogen and oxygen atoms in total. The smallest absolute Gasteiger partial charge is 0.383 e. The maximum absolute atomic E-state index is 12.1. The highest BCUT2D eigenvalue weighted by atomic mass is 16.5. The summed E-state index contributed by atoms with van der Waals surface area (Å²) < 4.78 is 6.00. The van der Waals surface area contributed by atoms with E-state index >= 15 is 0 Å². The number of ether oxygens (including phenoxy) is 1. The van der Waals surface area contributed by atoms with Crippen molar-refractivity contribution in [2.45, 2.75) is 51.6 Å². The number of carbonyl (C=O) groups is 1. The second-order valence-electron chi connectivity index (χ2n) is 4.42. The molecule has 0 aromatic rings. The first-order valence-electron chi connectivity index (χ1n) is 5.05. The third kappa shape index (κ3) is 1.33. The molecule has 0 saturated carbocycles. The zero-order chi connectivity index (χ0) is 11.0. The Kier molecular flexibility index (Phi) is 2.65. The highest BCUT2D eigenvalue weighted by Gasteiger charge is 2.61. The summed E-state index contributed by atoms with van der Waals surface area (Å²) in [7, 11) is 0. The van der Waals surface area contributed by atoms with E-state index in [2.05, 4.69) is 0 Å². The van der Waals surface area contributed by atoms with Gasteiger partial charge in [0.1, 0.15) is 0 Å². The van der Waals surface area contributed by atoms with E-state index in [0.29, 0.717) is 12.8 Å². The summed E-state index contributed by atoms with van der Waals surface area (Å²) >= 11 is 0. The van der Waals surface area contributed by atoms with Crippen molar-refractivity contribution in [1.29, 1.82) is 0 Å². The van der Waals surface area contributed by atoms with Gasteiger partial charge < -0.3 is 4.74 Å². The maximum atomic E-state index is 12.1. The van der Waals surface area contributed by atoms with Crippen LogP contribution >= 0.6 is 0 Å². The number of rotatable bonds is 2. The molecule has 1 fully saturated rings. The van der Waals surface area contributed by atoms with Gasteiger partial charge in [-0.3, -0.25) is 0 Å². The molecule has 0 amide bonds. The summed E-state index contributed by atoms with van der Waals surface area (Å²) in [5, 5.41) is 0. The van der Waals surface area contributed by atoms with Crippen molar-refractivity contribution in [2.24, 2.45) is 0 Å². The lowest BCUT2D eigenvalue weighted by Gasteiger charge is -2.33. The molecule has 0 aliphatic carbocycles. The van der Waals surface area contributed by atoms with Gasteiger partial charge in [-0.15, -0.1) is 0 Å². The van der Waals surface area contributed by atoms with Crippen LogP contribution in [0.2, 0.25) is 0 Å². The monoisotopic (exact) mass is 200 g/mol. The number of nitroso groups, excluding NO2 is 1. The van der Waals surface area contributed by atoms with Crippen LogP contribution < -0.4 is 0 Å². The first kappa shape index (κ1) is 11.1. The van der Waals surface area contributed by atoms with E-state index in [1.54, 1.807) is 13.8 Å². The number of morpholine rings is 1. The minimum Gasteiger partial charge on any atom is -0.453 e. The number of hydrogen-bond acceptors (Lipinski definition) is 3. The molecule has 80 valence electrons. The third-order valence-corrected chi connectivity index (χ3v) is 3.04. The highest BCUT2D eigenvalue weighted by Crippen LogP contribution is 2.32. The molecular weight excluding hydrogens is 182 g/mol. The van der Waals surface area contributed by atoms with Crippen molar-refractivity contribution < 1.29 is 14.3 Å². The Balaban J connectivity index is 3.12. The number of cyclic esters (lactones) is 1. The fourth-order valence-electron chi connectivity index (χ4n) is 1.92. The number of nitrogens with zero attached hydrogens (tertiary/aromatic N) is 1. The van der Waals surface area contributed by atoms with Gasteiger partial charge >= 0.3 is 11.5 Å². The van der Waals surface area contributed by atoms with Gasteiger partial charge in [0.25, 0.3) is 0 Å². The fourth-order valence-corrected chi connectivity index (χ4v) is 1.92. The van der Waals surface area contributed by atoms with E-state index < -0.39 is 11.1 Å². The maximum Gasteiger partial charge on any atom is 0.383 e. The van der Waals surface area contributed by atoms with Gasteiger partial charge in [0.15, 0.2) is 6.61 Å². The molecule has 0 aromatic heterocycles. The van der Waals surface area contributed by atoms with Crippen molar-refractivity contribution in [2.75, 3.05) is 6.61 Å². The van der Waals surface area contributed by atoms with Crippen molar-refractivity contribution in [3.05, 3.63) is 4.91 Å². The van der Waals surface area contributed by atoms with E-state index in [1.165, 1.54) is 0 Å². The second-order valence-corrected chi connectivity index (χ2v) is 4.42. The number of hydrogen-bond donors (Lipinski definition) is 0. The third-order valence-electron chi connectivity index (χ3n) is 3.04. The van der Waals surface area contributed by atoms with Crippen molar-refractivity contribution in [3.63, 3.8) is 0 Å². The van der Waals surface area contributed by atoms with Crippen LogP contribution in [0.15, 0.2) is 0 Å². The van der Waals surface area contributed by atoms with E-state index in [4.69, 9.17) is 4.74 Å². The molecule has 1 rings (SSSR count). The fraction of sp³-hybridized carbons (Fsp3) is 0.900. The van der Waals surface area contributed by atoms with Crippen LogP contribution in [-0.4, -0.2) is 28.4 Å². The molecule has 1 saturated heterocycles. The van der Waals surface area contributed by atoms with Crippen LogP contribution in [0.4, 0.5) is 0 Å². The summed E-state index contributed by atoms with van der Waals surface area (Å²) in [6, 6.07) is 0. The van der Waals surface area contributed by atoms with E-state index in [9.17, 15) is 9.70 Å². The van der Waals surface area contributed by atoms with Crippen LogP contribution in [0.1, 0.15) is 40.5 Å². The zero-order valence-electron chi connectivity index (χ0n) is 9.29. The Morgan fingerprint density at radius 2 is 1.86 bits per heavy atom. The van der Waals surface area contributed by atoms with Crippen LogP contribution in [0.3, 0.4) is 0 Å². The molecule has 14 heavy (non-hydrogen) atoms. The Morgan fingerprint density at radius 3 is 2.21 bits per heavy atom. The average Bonchev–Trinajstić information content (AvgIpc) is 2.16. The van der Waals surface area contributed by atoms with Crippen LogP contribution in [-0.2, 0) is 9.53 Å². The van der Waals surface area contributed by atoms with Crippen molar-refractivity contribution in [1.82, 2.24) is 0 Å². The summed E-state index contributed by atoms with van der Waals surface area (Å²) in [4.78, 5) is 23.7. The van der Waals surface area contributed by atoms with Gasteiger partial charge in [-0.05, 0) is 0 Å². The molecule has 0 N–H and O–H groups in total. The zero-order valence-corrected chi connectivity index (χ0v) is 9.29. The topological polar surface area (TPSA) is 46.4 Å². The SMILES string of the molecule is CCC1(CC)C(=O)OCC(C)(C)[N+]1=O. The molecule has 1 aliphatic rings. The van der Waals surface area contributed by atoms with Crippen molar-refractivity contribution in [3.8, 4) is 0 Å². The van der Waals surface area contributed by atoms with Crippen LogP contribution in [0.25, 0.3) is 0 Å². The Hall–Kier alpha value is -0.930. The van der Waals surface area contributed by atoms with Gasteiger partial charge in [-0.1, -0.05) is 13.8 Å². The normalized spacial score (nSPS) is 24.6. The molecule has 0 bridgehead atoms. The Labute approximate surface area is 84.2 Å². The quantitative estimate of drug-likeness (QED) is 0.503.